The van der Waals surface area contributed by atoms with Crippen molar-refractivity contribution in [2.45, 2.75) is 31.7 Å². The number of amides is 1. The van der Waals surface area contributed by atoms with E-state index >= 15 is 0 Å². The molecule has 0 aromatic heterocycles. The first kappa shape index (κ1) is 14.2. The number of hydrogen-bond donors (Lipinski definition) is 3. The van der Waals surface area contributed by atoms with E-state index in [1.807, 2.05) is 0 Å². The van der Waals surface area contributed by atoms with E-state index in [1.165, 1.54) is 0 Å². The van der Waals surface area contributed by atoms with Gasteiger partial charge in [0.15, 0.2) is 0 Å². The Hall–Kier alpha value is -0.810. The van der Waals surface area contributed by atoms with Crippen LogP contribution in [0.25, 0.3) is 0 Å². The molecule has 0 aliphatic carbocycles. The Kier molecular flexibility index (Phi) is 6.27. The molecular formula is C9H17ClN2O3. The highest BCUT2D eigenvalue weighted by Crippen LogP contribution is 2.17. The van der Waals surface area contributed by atoms with Crippen molar-refractivity contribution in [2.24, 2.45) is 11.7 Å². The lowest BCUT2D eigenvalue weighted by molar-refractivity contribution is -0.139. The molecule has 88 valence electrons. The molecule has 1 aliphatic heterocycles. The zero-order valence-corrected chi connectivity index (χ0v) is 9.26. The normalized spacial score (nSPS) is 23.3. The molecule has 0 aromatic rings. The Morgan fingerprint density at radius 3 is 2.87 bits per heavy atom. The number of rotatable bonds is 3. The Morgan fingerprint density at radius 2 is 2.27 bits per heavy atom. The number of nitrogens with two attached hydrogens (primary N) is 1. The number of carboxylic acid groups (broad SMARTS) is 1. The number of nitrogens with one attached hydrogen (secondary N) is 1. The molecule has 1 heterocycles. The Balaban J connectivity index is 0.00000196. The molecule has 5 nitrogen and oxygen atoms in total. The fourth-order valence-corrected chi connectivity index (χ4v) is 1.63. The van der Waals surface area contributed by atoms with E-state index in [4.69, 9.17) is 10.8 Å². The number of hydrogen-bond acceptors (Lipinski definition) is 3. The van der Waals surface area contributed by atoms with Crippen molar-refractivity contribution in [1.29, 1.82) is 0 Å². The van der Waals surface area contributed by atoms with E-state index in [-0.39, 0.29) is 30.7 Å². The largest absolute Gasteiger partial charge is 0.480 e. The third-order valence-electron chi connectivity index (χ3n) is 2.51. The van der Waals surface area contributed by atoms with Crippen molar-refractivity contribution < 1.29 is 14.7 Å². The van der Waals surface area contributed by atoms with Gasteiger partial charge in [-0.3, -0.25) is 9.59 Å². The third kappa shape index (κ3) is 4.48. The highest BCUT2D eigenvalue weighted by Gasteiger charge is 2.25. The molecule has 15 heavy (non-hydrogen) atoms. The number of carbonyl (C=O) groups is 2. The summed E-state index contributed by atoms with van der Waals surface area (Å²) < 4.78 is 0. The monoisotopic (exact) mass is 236 g/mol. The van der Waals surface area contributed by atoms with E-state index in [9.17, 15) is 9.59 Å². The molecule has 4 N–H and O–H groups in total. The van der Waals surface area contributed by atoms with E-state index < -0.39 is 12.0 Å². The second-order valence-corrected chi connectivity index (χ2v) is 3.66. The van der Waals surface area contributed by atoms with Crippen LogP contribution in [0.4, 0.5) is 0 Å². The topological polar surface area (TPSA) is 92.4 Å². The van der Waals surface area contributed by atoms with Gasteiger partial charge in [0.05, 0.1) is 0 Å². The fraction of sp³-hybridized carbons (Fsp3) is 0.778. The van der Waals surface area contributed by atoms with Gasteiger partial charge in [0.25, 0.3) is 0 Å². The quantitative estimate of drug-likeness (QED) is 0.649. The van der Waals surface area contributed by atoms with Gasteiger partial charge in [-0.2, -0.15) is 0 Å². The van der Waals surface area contributed by atoms with Gasteiger partial charge in [-0.25, -0.2) is 0 Å². The SMILES string of the molecule is Cl.NC(CC1CCCCNC1=O)C(=O)O. The summed E-state index contributed by atoms with van der Waals surface area (Å²) in [6.07, 6.45) is 2.90. The van der Waals surface area contributed by atoms with Gasteiger partial charge >= 0.3 is 5.97 Å². The number of carboxylic acids is 1. The Morgan fingerprint density at radius 1 is 1.60 bits per heavy atom. The zero-order chi connectivity index (χ0) is 10.6. The molecular weight excluding hydrogens is 220 g/mol. The molecule has 1 fully saturated rings. The van der Waals surface area contributed by atoms with Crippen LogP contribution < -0.4 is 11.1 Å². The fourth-order valence-electron chi connectivity index (χ4n) is 1.63. The molecule has 0 aromatic carbocycles. The summed E-state index contributed by atoms with van der Waals surface area (Å²) in [5.74, 6) is -1.33. The summed E-state index contributed by atoms with van der Waals surface area (Å²) in [7, 11) is 0. The van der Waals surface area contributed by atoms with Gasteiger partial charge in [0.1, 0.15) is 6.04 Å². The van der Waals surface area contributed by atoms with Crippen LogP contribution in [0.1, 0.15) is 25.7 Å². The van der Waals surface area contributed by atoms with Crippen molar-refractivity contribution in [2.75, 3.05) is 6.54 Å². The first-order valence-electron chi connectivity index (χ1n) is 4.87. The molecule has 2 unspecified atom stereocenters. The molecule has 0 radical (unpaired) electrons. The van der Waals surface area contributed by atoms with Crippen LogP contribution >= 0.6 is 12.4 Å². The predicted octanol–water partition coefficient (Wildman–Crippen LogP) is 0.126. The highest BCUT2D eigenvalue weighted by atomic mass is 35.5. The summed E-state index contributed by atoms with van der Waals surface area (Å²) in [6, 6.07) is -0.927. The third-order valence-corrected chi connectivity index (χ3v) is 2.51. The highest BCUT2D eigenvalue weighted by molar-refractivity contribution is 5.85. The molecule has 0 bridgehead atoms. The lowest BCUT2D eigenvalue weighted by atomic mass is 9.95. The van der Waals surface area contributed by atoms with Gasteiger partial charge in [-0.15, -0.1) is 12.4 Å². The second-order valence-electron chi connectivity index (χ2n) is 3.66. The van der Waals surface area contributed by atoms with Gasteiger partial charge in [0.2, 0.25) is 5.91 Å². The van der Waals surface area contributed by atoms with Crippen LogP contribution in [0.5, 0.6) is 0 Å². The lowest BCUT2D eigenvalue weighted by Gasteiger charge is -2.15. The molecule has 1 rings (SSSR count). The molecule has 1 amide bonds. The van der Waals surface area contributed by atoms with Gasteiger partial charge < -0.3 is 16.2 Å². The minimum Gasteiger partial charge on any atom is -0.480 e. The summed E-state index contributed by atoms with van der Waals surface area (Å²) in [4.78, 5) is 21.9. The lowest BCUT2D eigenvalue weighted by Crippen LogP contribution is -2.37. The van der Waals surface area contributed by atoms with Crippen molar-refractivity contribution in [1.82, 2.24) is 5.32 Å². The van der Waals surface area contributed by atoms with Crippen molar-refractivity contribution in [3.05, 3.63) is 0 Å². The maximum absolute atomic E-state index is 11.4. The summed E-state index contributed by atoms with van der Waals surface area (Å²) in [6.45, 7) is 0.692. The zero-order valence-electron chi connectivity index (χ0n) is 8.44. The Labute approximate surface area is 94.8 Å². The molecule has 0 saturated carbocycles. The van der Waals surface area contributed by atoms with E-state index in [1.54, 1.807) is 0 Å². The molecule has 1 aliphatic rings. The van der Waals surface area contributed by atoms with Gasteiger partial charge in [-0.05, 0) is 19.3 Å². The average Bonchev–Trinajstić information content (AvgIpc) is 2.32. The average molecular weight is 237 g/mol. The van der Waals surface area contributed by atoms with E-state index in [2.05, 4.69) is 5.32 Å². The second kappa shape index (κ2) is 6.63. The smallest absolute Gasteiger partial charge is 0.320 e. The van der Waals surface area contributed by atoms with Crippen molar-refractivity contribution in [3.63, 3.8) is 0 Å². The molecule has 1 saturated heterocycles. The Bertz CT molecular complexity index is 235. The van der Waals surface area contributed by atoms with Gasteiger partial charge in [0, 0.05) is 12.5 Å². The van der Waals surface area contributed by atoms with Crippen molar-refractivity contribution >= 4 is 24.3 Å². The van der Waals surface area contributed by atoms with Crippen LogP contribution in [-0.4, -0.2) is 29.6 Å². The molecule has 0 spiro atoms. The van der Waals surface area contributed by atoms with E-state index in [0.717, 1.165) is 19.3 Å². The minimum absolute atomic E-state index is 0. The maximum Gasteiger partial charge on any atom is 0.320 e. The predicted molar refractivity (Wildman–Crippen MR) is 57.8 cm³/mol. The van der Waals surface area contributed by atoms with Crippen LogP contribution in [0.15, 0.2) is 0 Å². The van der Waals surface area contributed by atoms with Crippen LogP contribution in [-0.2, 0) is 9.59 Å². The number of carbonyl (C=O) groups excluding carboxylic acids is 1. The van der Waals surface area contributed by atoms with Crippen LogP contribution in [0.3, 0.4) is 0 Å². The minimum atomic E-state index is -1.04. The first-order valence-corrected chi connectivity index (χ1v) is 4.87. The number of halogens is 1. The van der Waals surface area contributed by atoms with E-state index in [0.29, 0.717) is 6.54 Å². The van der Waals surface area contributed by atoms with Crippen molar-refractivity contribution in [3.8, 4) is 0 Å². The van der Waals surface area contributed by atoms with Crippen LogP contribution in [0.2, 0.25) is 0 Å². The molecule has 2 atom stereocenters. The molecule has 6 heteroatoms. The summed E-state index contributed by atoms with van der Waals surface area (Å²) in [5.41, 5.74) is 5.38. The maximum atomic E-state index is 11.4. The van der Waals surface area contributed by atoms with Gasteiger partial charge in [-0.1, -0.05) is 6.42 Å². The standard InChI is InChI=1S/C9H16N2O3.ClH/c10-7(9(13)14)5-6-3-1-2-4-11-8(6)12;/h6-7H,1-5,10H2,(H,11,12)(H,13,14);1H. The number of aliphatic carboxylic acids is 1. The summed E-state index contributed by atoms with van der Waals surface area (Å²) >= 11 is 0. The van der Waals surface area contributed by atoms with Crippen LogP contribution in [0, 0.1) is 5.92 Å². The first-order chi connectivity index (χ1) is 6.61. The summed E-state index contributed by atoms with van der Waals surface area (Å²) in [5, 5.41) is 11.4.